The summed E-state index contributed by atoms with van der Waals surface area (Å²) >= 11 is 0. The van der Waals surface area contributed by atoms with E-state index in [9.17, 15) is 23.1 Å². The van der Waals surface area contributed by atoms with Crippen LogP contribution in [0, 0.1) is 5.92 Å². The van der Waals surface area contributed by atoms with Crippen LogP contribution in [-0.2, 0) is 4.79 Å². The molecule has 2 N–H and O–H groups in total. The van der Waals surface area contributed by atoms with E-state index in [2.05, 4.69) is 0 Å². The second-order valence-electron chi connectivity index (χ2n) is 5.44. The van der Waals surface area contributed by atoms with Crippen LogP contribution in [-0.4, -0.2) is 53.0 Å². The van der Waals surface area contributed by atoms with Gasteiger partial charge >= 0.3 is 12.1 Å². The molecular formula is C12H20F3NO3. The lowest BCUT2D eigenvalue weighted by Gasteiger charge is -2.37. The van der Waals surface area contributed by atoms with Gasteiger partial charge in [0.05, 0.1) is 17.9 Å². The van der Waals surface area contributed by atoms with Crippen molar-refractivity contribution in [1.82, 2.24) is 4.90 Å². The lowest BCUT2D eigenvalue weighted by Crippen LogP contribution is -2.45. The second kappa shape index (κ2) is 6.09. The van der Waals surface area contributed by atoms with E-state index in [1.807, 2.05) is 0 Å². The van der Waals surface area contributed by atoms with Crippen LogP contribution in [0.3, 0.4) is 0 Å². The molecule has 0 heterocycles. The summed E-state index contributed by atoms with van der Waals surface area (Å²) in [5.41, 5.74) is -1.06. The Balaban J connectivity index is 2.38. The summed E-state index contributed by atoms with van der Waals surface area (Å²) in [6, 6.07) is 0. The predicted molar refractivity (Wildman–Crippen MR) is 62.7 cm³/mol. The summed E-state index contributed by atoms with van der Waals surface area (Å²) < 4.78 is 36.2. The molecule has 7 heteroatoms. The zero-order chi connectivity index (χ0) is 14.7. The van der Waals surface area contributed by atoms with Gasteiger partial charge in [-0.1, -0.05) is 0 Å². The van der Waals surface area contributed by atoms with E-state index >= 15 is 0 Å². The first kappa shape index (κ1) is 16.2. The molecule has 112 valence electrons. The van der Waals surface area contributed by atoms with Gasteiger partial charge in [-0.2, -0.15) is 13.2 Å². The summed E-state index contributed by atoms with van der Waals surface area (Å²) in [6.07, 6.45) is -3.71. The van der Waals surface area contributed by atoms with Crippen molar-refractivity contribution in [1.29, 1.82) is 0 Å². The monoisotopic (exact) mass is 283 g/mol. The van der Waals surface area contributed by atoms with Gasteiger partial charge in [0.2, 0.25) is 0 Å². The molecular weight excluding hydrogens is 263 g/mol. The number of hydrogen-bond acceptors (Lipinski definition) is 3. The van der Waals surface area contributed by atoms with Gasteiger partial charge in [-0.3, -0.25) is 4.79 Å². The van der Waals surface area contributed by atoms with Crippen LogP contribution >= 0.6 is 0 Å². The van der Waals surface area contributed by atoms with Gasteiger partial charge in [0.25, 0.3) is 0 Å². The van der Waals surface area contributed by atoms with Crippen LogP contribution in [0.5, 0.6) is 0 Å². The first-order valence-corrected chi connectivity index (χ1v) is 6.32. The maximum absolute atomic E-state index is 12.1. The first-order valence-electron chi connectivity index (χ1n) is 6.32. The molecule has 1 rings (SSSR count). The van der Waals surface area contributed by atoms with Crippen LogP contribution < -0.4 is 0 Å². The zero-order valence-electron chi connectivity index (χ0n) is 10.9. The van der Waals surface area contributed by atoms with Crippen molar-refractivity contribution in [2.45, 2.75) is 43.9 Å². The quantitative estimate of drug-likeness (QED) is 0.808. The fourth-order valence-corrected chi connectivity index (χ4v) is 2.46. The number of alkyl halides is 3. The maximum atomic E-state index is 12.1. The van der Waals surface area contributed by atoms with E-state index in [1.165, 1.54) is 11.9 Å². The summed E-state index contributed by atoms with van der Waals surface area (Å²) in [5, 5.41) is 19.1. The van der Waals surface area contributed by atoms with E-state index < -0.39 is 30.1 Å². The highest BCUT2D eigenvalue weighted by molar-refractivity contribution is 5.70. The number of likely N-dealkylation sites (N-methyl/N-ethyl adjacent to an activating group) is 1. The Bertz CT molecular complexity index is 312. The molecule has 0 unspecified atom stereocenters. The number of carboxylic acids is 1. The highest BCUT2D eigenvalue weighted by atomic mass is 19.4. The Morgan fingerprint density at radius 1 is 1.37 bits per heavy atom. The van der Waals surface area contributed by atoms with Crippen LogP contribution in [0.2, 0.25) is 0 Å². The van der Waals surface area contributed by atoms with Gasteiger partial charge in [-0.25, -0.2) is 0 Å². The van der Waals surface area contributed by atoms with Crippen LogP contribution in [0.4, 0.5) is 13.2 Å². The van der Waals surface area contributed by atoms with Crippen molar-refractivity contribution >= 4 is 5.97 Å². The largest absolute Gasteiger partial charge is 0.481 e. The van der Waals surface area contributed by atoms with Crippen molar-refractivity contribution < 1.29 is 28.2 Å². The summed E-state index contributed by atoms with van der Waals surface area (Å²) in [5.74, 6) is -1.31. The number of carboxylic acid groups (broad SMARTS) is 1. The van der Waals surface area contributed by atoms with Crippen molar-refractivity contribution in [2.24, 2.45) is 5.92 Å². The molecule has 0 atom stereocenters. The summed E-state index contributed by atoms with van der Waals surface area (Å²) in [4.78, 5) is 12.2. The fraction of sp³-hybridized carbons (Fsp3) is 0.917. The van der Waals surface area contributed by atoms with Crippen LogP contribution in [0.1, 0.15) is 32.1 Å². The van der Waals surface area contributed by atoms with Crippen LogP contribution in [0.15, 0.2) is 0 Å². The Labute approximate surface area is 110 Å². The average Bonchev–Trinajstić information content (AvgIpc) is 2.25. The number of aliphatic hydroxyl groups is 1. The Hall–Kier alpha value is -0.820. The standard InChI is InChI=1S/C12H20F3NO3/c1-16(7-6-12(13,14)15)8-11(19)4-2-9(3-5-11)10(17)18/h9,19H,2-8H2,1H3,(H,17,18). The highest BCUT2D eigenvalue weighted by Crippen LogP contribution is 2.33. The van der Waals surface area contributed by atoms with Gasteiger partial charge in [-0.05, 0) is 32.7 Å². The summed E-state index contributed by atoms with van der Waals surface area (Å²) in [6.45, 7) is -0.0103. The van der Waals surface area contributed by atoms with Gasteiger partial charge < -0.3 is 15.1 Å². The molecule has 19 heavy (non-hydrogen) atoms. The number of nitrogens with zero attached hydrogens (tertiary/aromatic N) is 1. The molecule has 0 radical (unpaired) electrons. The predicted octanol–water partition coefficient (Wildman–Crippen LogP) is 1.88. The molecule has 0 saturated heterocycles. The molecule has 0 spiro atoms. The topological polar surface area (TPSA) is 60.8 Å². The number of carbonyl (C=O) groups is 1. The lowest BCUT2D eigenvalue weighted by molar-refractivity contribution is -0.146. The molecule has 4 nitrogen and oxygen atoms in total. The zero-order valence-corrected chi connectivity index (χ0v) is 10.9. The van der Waals surface area contributed by atoms with Crippen molar-refractivity contribution in [3.8, 4) is 0 Å². The lowest BCUT2D eigenvalue weighted by atomic mass is 9.78. The molecule has 1 fully saturated rings. The number of hydrogen-bond donors (Lipinski definition) is 2. The van der Waals surface area contributed by atoms with E-state index in [0.717, 1.165) is 0 Å². The molecule has 0 aromatic heterocycles. The Morgan fingerprint density at radius 3 is 2.32 bits per heavy atom. The van der Waals surface area contributed by atoms with Crippen molar-refractivity contribution in [3.05, 3.63) is 0 Å². The van der Waals surface area contributed by atoms with E-state index in [-0.39, 0.29) is 13.1 Å². The minimum atomic E-state index is -4.20. The van der Waals surface area contributed by atoms with Gasteiger partial charge in [0.1, 0.15) is 0 Å². The SMILES string of the molecule is CN(CCC(F)(F)F)CC1(O)CCC(C(=O)O)CC1. The molecule has 0 aromatic rings. The van der Waals surface area contributed by atoms with E-state index in [4.69, 9.17) is 5.11 Å². The maximum Gasteiger partial charge on any atom is 0.390 e. The van der Waals surface area contributed by atoms with Gasteiger partial charge in [0.15, 0.2) is 0 Å². The normalized spacial score (nSPS) is 28.6. The minimum absolute atomic E-state index is 0.148. The minimum Gasteiger partial charge on any atom is -0.481 e. The third-order valence-electron chi connectivity index (χ3n) is 3.61. The molecule has 1 aliphatic rings. The van der Waals surface area contributed by atoms with Gasteiger partial charge in [-0.15, -0.1) is 0 Å². The Morgan fingerprint density at radius 2 is 1.89 bits per heavy atom. The smallest absolute Gasteiger partial charge is 0.390 e. The van der Waals surface area contributed by atoms with Crippen LogP contribution in [0.25, 0.3) is 0 Å². The third kappa shape index (κ3) is 5.78. The molecule has 1 aliphatic carbocycles. The fourth-order valence-electron chi connectivity index (χ4n) is 2.46. The molecule has 0 amide bonds. The number of halogens is 3. The number of aliphatic carboxylic acids is 1. The van der Waals surface area contributed by atoms with Crippen molar-refractivity contribution in [3.63, 3.8) is 0 Å². The van der Waals surface area contributed by atoms with Gasteiger partial charge in [0, 0.05) is 13.1 Å². The third-order valence-corrected chi connectivity index (χ3v) is 3.61. The Kier molecular flexibility index (Phi) is 5.20. The van der Waals surface area contributed by atoms with Crippen molar-refractivity contribution in [2.75, 3.05) is 20.1 Å². The molecule has 0 aromatic carbocycles. The molecule has 0 aliphatic heterocycles. The molecule has 1 saturated carbocycles. The first-order chi connectivity index (χ1) is 8.61. The number of rotatable bonds is 5. The van der Waals surface area contributed by atoms with E-state index in [1.54, 1.807) is 0 Å². The average molecular weight is 283 g/mol. The van der Waals surface area contributed by atoms with E-state index in [0.29, 0.717) is 25.7 Å². The molecule has 0 bridgehead atoms. The second-order valence-corrected chi connectivity index (χ2v) is 5.44. The highest BCUT2D eigenvalue weighted by Gasteiger charge is 2.37. The summed E-state index contributed by atoms with van der Waals surface area (Å²) in [7, 11) is 1.53.